The lowest BCUT2D eigenvalue weighted by molar-refractivity contribution is 0.159. The van der Waals surface area contributed by atoms with Gasteiger partial charge in [-0.2, -0.15) is 0 Å². The van der Waals surface area contributed by atoms with Crippen molar-refractivity contribution in [2.75, 3.05) is 13.2 Å². The van der Waals surface area contributed by atoms with Crippen molar-refractivity contribution in [3.05, 3.63) is 46.5 Å². The Hall–Kier alpha value is -0.790. The van der Waals surface area contributed by atoms with E-state index in [1.165, 1.54) is 22.3 Å². The van der Waals surface area contributed by atoms with Crippen molar-refractivity contribution >= 4 is 11.6 Å². The highest BCUT2D eigenvalue weighted by Crippen LogP contribution is 2.20. The van der Waals surface area contributed by atoms with E-state index >= 15 is 0 Å². The van der Waals surface area contributed by atoms with Crippen LogP contribution in [0.1, 0.15) is 29.2 Å². The second-order valence-corrected chi connectivity index (χ2v) is 4.81. The van der Waals surface area contributed by atoms with Crippen molar-refractivity contribution in [3.63, 3.8) is 0 Å². The summed E-state index contributed by atoms with van der Waals surface area (Å²) in [6.07, 6.45) is 0.919. The van der Waals surface area contributed by atoms with Crippen LogP contribution in [0.5, 0.6) is 0 Å². The van der Waals surface area contributed by atoms with Gasteiger partial charge in [0.15, 0.2) is 0 Å². The van der Waals surface area contributed by atoms with E-state index in [0.29, 0.717) is 12.5 Å². The molecule has 0 bridgehead atoms. The minimum Gasteiger partial charge on any atom is -0.377 e. The molecule has 17 heavy (non-hydrogen) atoms. The van der Waals surface area contributed by atoms with Crippen LogP contribution in [-0.4, -0.2) is 13.2 Å². The third-order valence-corrected chi connectivity index (χ3v) is 3.24. The Bertz CT molecular complexity index is 396. The monoisotopic (exact) mass is 252 g/mol. The van der Waals surface area contributed by atoms with Gasteiger partial charge in [0.25, 0.3) is 0 Å². The molecule has 0 N–H and O–H groups in total. The Kier molecular flexibility index (Phi) is 5.73. The summed E-state index contributed by atoms with van der Waals surface area (Å²) in [5.74, 6) is 0.566. The van der Waals surface area contributed by atoms with Gasteiger partial charge in [-0.3, -0.25) is 0 Å². The molecule has 1 aromatic rings. The quantitative estimate of drug-likeness (QED) is 0.419. The number of ether oxygens (including phenoxy) is 1. The van der Waals surface area contributed by atoms with E-state index in [1.54, 1.807) is 0 Å². The molecule has 0 unspecified atom stereocenters. The van der Waals surface area contributed by atoms with Crippen molar-refractivity contribution in [1.29, 1.82) is 0 Å². The lowest BCUT2D eigenvalue weighted by Gasteiger charge is -2.13. The fourth-order valence-corrected chi connectivity index (χ4v) is 2.07. The molecule has 0 fully saturated rings. The van der Waals surface area contributed by atoms with Crippen LogP contribution in [0.3, 0.4) is 0 Å². The summed E-state index contributed by atoms with van der Waals surface area (Å²) in [5.41, 5.74) is 6.26. The second kappa shape index (κ2) is 6.83. The van der Waals surface area contributed by atoms with Crippen LogP contribution >= 0.6 is 11.6 Å². The Morgan fingerprint density at radius 1 is 1.35 bits per heavy atom. The van der Waals surface area contributed by atoms with E-state index in [0.717, 1.165) is 18.6 Å². The van der Waals surface area contributed by atoms with Gasteiger partial charge in [-0.15, -0.1) is 11.6 Å². The van der Waals surface area contributed by atoms with Gasteiger partial charge in [0, 0.05) is 5.88 Å². The summed E-state index contributed by atoms with van der Waals surface area (Å²) >= 11 is 5.96. The topological polar surface area (TPSA) is 9.23 Å². The molecular weight excluding hydrogens is 232 g/mol. The Morgan fingerprint density at radius 2 is 2.06 bits per heavy atom. The molecule has 0 aliphatic rings. The summed E-state index contributed by atoms with van der Waals surface area (Å²) in [7, 11) is 0. The van der Waals surface area contributed by atoms with E-state index in [-0.39, 0.29) is 0 Å². The van der Waals surface area contributed by atoms with Crippen LogP contribution in [0.4, 0.5) is 0 Å². The minimum atomic E-state index is 0.566. The number of benzene rings is 1. The van der Waals surface area contributed by atoms with E-state index in [4.69, 9.17) is 16.3 Å². The Morgan fingerprint density at radius 3 is 2.65 bits per heavy atom. The zero-order valence-electron chi connectivity index (χ0n) is 11.0. The molecule has 0 saturated heterocycles. The Balaban J connectivity index is 2.68. The third kappa shape index (κ3) is 4.18. The number of aryl methyl sites for hydroxylation is 1. The summed E-state index contributed by atoms with van der Waals surface area (Å²) in [4.78, 5) is 0. The molecule has 2 heteroatoms. The minimum absolute atomic E-state index is 0.566. The molecule has 0 atom stereocenters. The zero-order valence-corrected chi connectivity index (χ0v) is 11.7. The number of hydrogen-bond acceptors (Lipinski definition) is 1. The van der Waals surface area contributed by atoms with Crippen molar-refractivity contribution < 1.29 is 4.74 Å². The van der Waals surface area contributed by atoms with E-state index < -0.39 is 0 Å². The number of rotatable bonds is 6. The molecular formula is C15H21ClO. The molecule has 0 saturated carbocycles. The summed E-state index contributed by atoms with van der Waals surface area (Å²) in [5, 5.41) is 0. The highest BCUT2D eigenvalue weighted by atomic mass is 35.5. The average molecular weight is 253 g/mol. The first-order valence-electron chi connectivity index (χ1n) is 5.92. The number of hydrogen-bond donors (Lipinski definition) is 0. The normalized spacial score (nSPS) is 10.6. The standard InChI is InChI=1S/C15H21ClO/c1-11(2)10-17-8-7-15-13(4)12(3)5-6-14(15)9-16/h5-6H,1,7-10H2,2-4H3. The molecule has 0 aliphatic carbocycles. The van der Waals surface area contributed by atoms with Gasteiger partial charge in [0.05, 0.1) is 13.2 Å². The lowest BCUT2D eigenvalue weighted by atomic mass is 9.96. The van der Waals surface area contributed by atoms with Gasteiger partial charge >= 0.3 is 0 Å². The molecule has 0 radical (unpaired) electrons. The molecule has 0 amide bonds. The summed E-state index contributed by atoms with van der Waals surface area (Å²) in [6, 6.07) is 4.24. The van der Waals surface area contributed by atoms with Crippen LogP contribution in [0, 0.1) is 13.8 Å². The molecule has 0 heterocycles. The highest BCUT2D eigenvalue weighted by molar-refractivity contribution is 6.17. The van der Waals surface area contributed by atoms with Crippen molar-refractivity contribution in [2.24, 2.45) is 0 Å². The molecule has 0 spiro atoms. The molecule has 1 aromatic carbocycles. The number of alkyl halides is 1. The highest BCUT2D eigenvalue weighted by Gasteiger charge is 2.07. The Labute approximate surface area is 109 Å². The van der Waals surface area contributed by atoms with Gasteiger partial charge in [0.1, 0.15) is 0 Å². The molecule has 1 rings (SSSR count). The first-order chi connectivity index (χ1) is 8.06. The van der Waals surface area contributed by atoms with Crippen LogP contribution in [-0.2, 0) is 17.0 Å². The third-order valence-electron chi connectivity index (χ3n) is 2.96. The van der Waals surface area contributed by atoms with Crippen LogP contribution in [0.25, 0.3) is 0 Å². The van der Waals surface area contributed by atoms with Crippen molar-refractivity contribution in [2.45, 2.75) is 33.1 Å². The molecule has 1 nitrogen and oxygen atoms in total. The van der Waals surface area contributed by atoms with Gasteiger partial charge in [0.2, 0.25) is 0 Å². The van der Waals surface area contributed by atoms with E-state index in [1.807, 2.05) is 6.92 Å². The number of halogens is 1. The first kappa shape index (κ1) is 14.3. The average Bonchev–Trinajstić information content (AvgIpc) is 2.29. The largest absolute Gasteiger partial charge is 0.377 e. The molecule has 0 aliphatic heterocycles. The van der Waals surface area contributed by atoms with Crippen LogP contribution < -0.4 is 0 Å². The van der Waals surface area contributed by atoms with Crippen LogP contribution in [0.15, 0.2) is 24.3 Å². The SMILES string of the molecule is C=C(C)COCCc1c(CCl)ccc(C)c1C. The van der Waals surface area contributed by atoms with E-state index in [9.17, 15) is 0 Å². The predicted octanol–water partition coefficient (Wildman–Crippen LogP) is 4.18. The maximum atomic E-state index is 5.96. The predicted molar refractivity (Wildman–Crippen MR) is 74.8 cm³/mol. The fourth-order valence-electron chi connectivity index (χ4n) is 1.82. The van der Waals surface area contributed by atoms with E-state index in [2.05, 4.69) is 32.6 Å². The second-order valence-electron chi connectivity index (χ2n) is 4.54. The van der Waals surface area contributed by atoms with Crippen LogP contribution in [0.2, 0.25) is 0 Å². The zero-order chi connectivity index (χ0) is 12.8. The maximum Gasteiger partial charge on any atom is 0.0671 e. The molecule has 0 aromatic heterocycles. The first-order valence-corrected chi connectivity index (χ1v) is 6.45. The van der Waals surface area contributed by atoms with Gasteiger partial charge in [-0.05, 0) is 49.4 Å². The summed E-state index contributed by atoms with van der Waals surface area (Å²) < 4.78 is 5.55. The van der Waals surface area contributed by atoms with Crippen molar-refractivity contribution in [1.82, 2.24) is 0 Å². The van der Waals surface area contributed by atoms with Gasteiger partial charge in [-0.1, -0.05) is 24.3 Å². The van der Waals surface area contributed by atoms with Gasteiger partial charge in [-0.25, -0.2) is 0 Å². The summed E-state index contributed by atoms with van der Waals surface area (Å²) in [6.45, 7) is 11.4. The fraction of sp³-hybridized carbons (Fsp3) is 0.467. The van der Waals surface area contributed by atoms with Crippen molar-refractivity contribution in [3.8, 4) is 0 Å². The molecule has 94 valence electrons. The smallest absolute Gasteiger partial charge is 0.0671 e. The van der Waals surface area contributed by atoms with Gasteiger partial charge < -0.3 is 4.74 Å². The lowest BCUT2D eigenvalue weighted by Crippen LogP contribution is -2.05. The maximum absolute atomic E-state index is 5.96.